The molecular weight excluding hydrogens is 322 g/mol. The van der Waals surface area contributed by atoms with E-state index in [0.29, 0.717) is 0 Å². The SMILES string of the molecule is CCC1(Br)CN(c2ccc(Br)cc2)C1=O. The molecule has 1 amide bonds. The molecule has 1 fully saturated rings. The number of hydrogen-bond acceptors (Lipinski definition) is 1. The molecule has 0 bridgehead atoms. The van der Waals surface area contributed by atoms with E-state index in [1.54, 1.807) is 4.90 Å². The molecule has 1 aliphatic rings. The molecule has 0 radical (unpaired) electrons. The second-order valence-corrected chi connectivity index (χ2v) is 6.12. The summed E-state index contributed by atoms with van der Waals surface area (Å²) in [7, 11) is 0. The van der Waals surface area contributed by atoms with Crippen molar-refractivity contribution in [3.63, 3.8) is 0 Å². The Bertz CT molecular complexity index is 390. The number of amides is 1. The van der Waals surface area contributed by atoms with Gasteiger partial charge in [0.2, 0.25) is 5.91 Å². The van der Waals surface area contributed by atoms with E-state index in [1.165, 1.54) is 0 Å². The Morgan fingerprint density at radius 1 is 1.40 bits per heavy atom. The maximum atomic E-state index is 11.9. The minimum Gasteiger partial charge on any atom is -0.309 e. The van der Waals surface area contributed by atoms with Gasteiger partial charge in [-0.15, -0.1) is 0 Å². The van der Waals surface area contributed by atoms with Gasteiger partial charge in [0.1, 0.15) is 4.32 Å². The fraction of sp³-hybridized carbons (Fsp3) is 0.364. The maximum absolute atomic E-state index is 11.9. The summed E-state index contributed by atoms with van der Waals surface area (Å²) in [6.07, 6.45) is 0.832. The van der Waals surface area contributed by atoms with Gasteiger partial charge in [0.15, 0.2) is 0 Å². The van der Waals surface area contributed by atoms with Crippen molar-refractivity contribution < 1.29 is 4.79 Å². The summed E-state index contributed by atoms with van der Waals surface area (Å²) in [5.41, 5.74) is 0.965. The van der Waals surface area contributed by atoms with Gasteiger partial charge >= 0.3 is 0 Å². The van der Waals surface area contributed by atoms with Crippen molar-refractivity contribution in [1.29, 1.82) is 0 Å². The van der Waals surface area contributed by atoms with Crippen molar-refractivity contribution in [2.24, 2.45) is 0 Å². The van der Waals surface area contributed by atoms with Crippen LogP contribution in [-0.4, -0.2) is 16.8 Å². The van der Waals surface area contributed by atoms with Gasteiger partial charge in [-0.25, -0.2) is 0 Å². The molecule has 1 aromatic carbocycles. The Labute approximate surface area is 106 Å². The van der Waals surface area contributed by atoms with Gasteiger partial charge in [0, 0.05) is 10.2 Å². The van der Waals surface area contributed by atoms with Crippen LogP contribution in [0.3, 0.4) is 0 Å². The van der Waals surface area contributed by atoms with Gasteiger partial charge in [-0.3, -0.25) is 4.79 Å². The van der Waals surface area contributed by atoms with Crippen LogP contribution in [0.25, 0.3) is 0 Å². The first-order valence-corrected chi connectivity index (χ1v) is 6.42. The molecule has 0 spiro atoms. The number of carbonyl (C=O) groups is 1. The first kappa shape index (κ1) is 11.1. The van der Waals surface area contributed by atoms with Crippen LogP contribution in [0.5, 0.6) is 0 Å². The van der Waals surface area contributed by atoms with Gasteiger partial charge < -0.3 is 4.90 Å². The number of anilines is 1. The smallest absolute Gasteiger partial charge is 0.245 e. The van der Waals surface area contributed by atoms with E-state index >= 15 is 0 Å². The third kappa shape index (κ3) is 1.85. The Morgan fingerprint density at radius 2 is 2.00 bits per heavy atom. The number of alkyl halides is 1. The van der Waals surface area contributed by atoms with Crippen molar-refractivity contribution in [3.8, 4) is 0 Å². The number of hydrogen-bond donors (Lipinski definition) is 0. The van der Waals surface area contributed by atoms with E-state index < -0.39 is 0 Å². The minimum atomic E-state index is -0.319. The van der Waals surface area contributed by atoms with E-state index in [4.69, 9.17) is 0 Å². The molecule has 1 aliphatic heterocycles. The van der Waals surface area contributed by atoms with E-state index in [1.807, 2.05) is 31.2 Å². The molecule has 1 saturated heterocycles. The summed E-state index contributed by atoms with van der Waals surface area (Å²) in [6, 6.07) is 7.79. The molecule has 15 heavy (non-hydrogen) atoms. The average molecular weight is 333 g/mol. The Morgan fingerprint density at radius 3 is 2.47 bits per heavy atom. The maximum Gasteiger partial charge on any atom is 0.245 e. The summed E-state index contributed by atoms with van der Waals surface area (Å²) in [5.74, 6) is 0.160. The number of β-lactam (4-membered cyclic amide) rings is 1. The van der Waals surface area contributed by atoms with E-state index in [9.17, 15) is 4.79 Å². The number of nitrogens with zero attached hydrogens (tertiary/aromatic N) is 1. The highest BCUT2D eigenvalue weighted by molar-refractivity contribution is 9.10. The standard InChI is InChI=1S/C11H11Br2NO/c1-2-11(13)7-14(10(11)15)9-5-3-8(12)4-6-9/h3-6H,2,7H2,1H3. The van der Waals surface area contributed by atoms with Crippen LogP contribution in [0.2, 0.25) is 0 Å². The number of benzene rings is 1. The van der Waals surface area contributed by atoms with Crippen LogP contribution in [0.4, 0.5) is 5.69 Å². The normalized spacial score (nSPS) is 25.3. The fourth-order valence-electron chi connectivity index (χ4n) is 1.63. The van der Waals surface area contributed by atoms with Gasteiger partial charge in [0.25, 0.3) is 0 Å². The molecule has 2 nitrogen and oxygen atoms in total. The summed E-state index contributed by atoms with van der Waals surface area (Å²) < 4.78 is 0.708. The number of rotatable bonds is 2. The summed E-state index contributed by atoms with van der Waals surface area (Å²) in [6.45, 7) is 2.77. The average Bonchev–Trinajstić information content (AvgIpc) is 2.26. The lowest BCUT2D eigenvalue weighted by molar-refractivity contribution is -0.125. The Balaban J connectivity index is 2.16. The monoisotopic (exact) mass is 331 g/mol. The predicted molar refractivity (Wildman–Crippen MR) is 68.4 cm³/mol. The molecule has 1 unspecified atom stereocenters. The molecule has 4 heteroatoms. The zero-order valence-electron chi connectivity index (χ0n) is 8.34. The first-order valence-electron chi connectivity index (χ1n) is 4.83. The molecule has 0 aromatic heterocycles. The zero-order chi connectivity index (χ0) is 11.1. The number of carbonyl (C=O) groups excluding carboxylic acids is 1. The first-order chi connectivity index (χ1) is 7.07. The van der Waals surface area contributed by atoms with Gasteiger partial charge in [0.05, 0.1) is 6.54 Å². The van der Waals surface area contributed by atoms with Crippen LogP contribution >= 0.6 is 31.9 Å². The Hall–Kier alpha value is -0.350. The summed E-state index contributed by atoms with van der Waals surface area (Å²) in [4.78, 5) is 13.7. The van der Waals surface area contributed by atoms with Crippen LogP contribution < -0.4 is 4.90 Å². The highest BCUT2D eigenvalue weighted by Gasteiger charge is 2.49. The van der Waals surface area contributed by atoms with E-state index in [2.05, 4.69) is 31.9 Å². The van der Waals surface area contributed by atoms with Crippen molar-refractivity contribution in [2.45, 2.75) is 17.7 Å². The van der Waals surface area contributed by atoms with Crippen molar-refractivity contribution >= 4 is 43.5 Å². The predicted octanol–water partition coefficient (Wildman–Crippen LogP) is 3.34. The molecule has 80 valence electrons. The lowest BCUT2D eigenvalue weighted by atomic mass is 9.95. The lowest BCUT2D eigenvalue weighted by Gasteiger charge is -2.44. The molecule has 0 aliphatic carbocycles. The van der Waals surface area contributed by atoms with Gasteiger partial charge in [-0.1, -0.05) is 38.8 Å². The third-order valence-corrected chi connectivity index (χ3v) is 4.42. The van der Waals surface area contributed by atoms with Crippen molar-refractivity contribution in [2.75, 3.05) is 11.4 Å². The molecule has 0 saturated carbocycles. The van der Waals surface area contributed by atoms with Crippen LogP contribution in [-0.2, 0) is 4.79 Å². The van der Waals surface area contributed by atoms with Crippen LogP contribution in [0.1, 0.15) is 13.3 Å². The molecular formula is C11H11Br2NO. The molecule has 1 atom stereocenters. The van der Waals surface area contributed by atoms with Crippen molar-refractivity contribution in [1.82, 2.24) is 0 Å². The van der Waals surface area contributed by atoms with Crippen molar-refractivity contribution in [3.05, 3.63) is 28.7 Å². The highest BCUT2D eigenvalue weighted by Crippen LogP contribution is 2.38. The van der Waals surface area contributed by atoms with E-state index in [0.717, 1.165) is 23.1 Å². The molecule has 1 heterocycles. The largest absolute Gasteiger partial charge is 0.309 e. The van der Waals surface area contributed by atoms with Crippen LogP contribution in [0.15, 0.2) is 28.7 Å². The second kappa shape index (κ2) is 3.91. The quantitative estimate of drug-likeness (QED) is 0.601. The summed E-state index contributed by atoms with van der Waals surface area (Å²) >= 11 is 6.86. The fourth-order valence-corrected chi connectivity index (χ4v) is 2.36. The third-order valence-electron chi connectivity index (χ3n) is 2.74. The number of halogens is 2. The van der Waals surface area contributed by atoms with Crippen LogP contribution in [0, 0.1) is 0 Å². The molecule has 2 rings (SSSR count). The zero-order valence-corrected chi connectivity index (χ0v) is 11.5. The van der Waals surface area contributed by atoms with E-state index in [-0.39, 0.29) is 10.2 Å². The topological polar surface area (TPSA) is 20.3 Å². The summed E-state index contributed by atoms with van der Waals surface area (Å²) in [5, 5.41) is 0. The van der Waals surface area contributed by atoms with Gasteiger partial charge in [-0.05, 0) is 30.7 Å². The Kier molecular flexibility index (Phi) is 2.90. The molecule has 1 aromatic rings. The van der Waals surface area contributed by atoms with Gasteiger partial charge in [-0.2, -0.15) is 0 Å². The lowest BCUT2D eigenvalue weighted by Crippen LogP contribution is -2.63. The second-order valence-electron chi connectivity index (χ2n) is 3.69. The highest BCUT2D eigenvalue weighted by atomic mass is 79.9. The minimum absolute atomic E-state index is 0.160. The molecule has 0 N–H and O–H groups in total.